The average Bonchev–Trinajstić information content (AvgIpc) is 2.09. The minimum Gasteiger partial charge on any atom is -0.352 e. The summed E-state index contributed by atoms with van der Waals surface area (Å²) in [6.07, 6.45) is 3.26. The van der Waals surface area contributed by atoms with E-state index in [1.807, 2.05) is 0 Å². The van der Waals surface area contributed by atoms with Gasteiger partial charge in [0.25, 0.3) is 0 Å². The number of nitrogens with zero attached hydrogens (tertiary/aromatic N) is 3. The van der Waals surface area contributed by atoms with E-state index >= 15 is 0 Å². The minimum absolute atomic E-state index is 0.388. The monoisotopic (exact) mass is 199 g/mol. The van der Waals surface area contributed by atoms with Crippen molar-refractivity contribution in [2.24, 2.45) is 0 Å². The number of hydrogen-bond donors (Lipinski definition) is 0. The van der Waals surface area contributed by atoms with Crippen LogP contribution in [0.2, 0.25) is 5.15 Å². The fraction of sp³-hybridized carbons (Fsp3) is 0.556. The highest BCUT2D eigenvalue weighted by atomic mass is 35.5. The predicted molar refractivity (Wildman–Crippen MR) is 55.2 cm³/mol. The van der Waals surface area contributed by atoms with Crippen LogP contribution in [0.4, 0.5) is 5.82 Å². The fourth-order valence-corrected chi connectivity index (χ4v) is 1.48. The van der Waals surface area contributed by atoms with Gasteiger partial charge in [0.2, 0.25) is 0 Å². The molecule has 0 fully saturated rings. The number of rotatable bonds is 3. The Kier molecular flexibility index (Phi) is 3.48. The van der Waals surface area contributed by atoms with Gasteiger partial charge in [-0.15, -0.1) is 0 Å². The lowest BCUT2D eigenvalue weighted by Crippen LogP contribution is -2.31. The summed E-state index contributed by atoms with van der Waals surface area (Å²) in [7, 11) is 0. The van der Waals surface area contributed by atoms with Crippen molar-refractivity contribution in [3.8, 4) is 0 Å². The zero-order valence-electron chi connectivity index (χ0n) is 8.16. The standard InChI is InChI=1S/C9H14ClN3/c1-4-13(7(2)3)9-8(10)11-5-6-12-9/h5-7H,4H2,1-3H3. The molecule has 0 N–H and O–H groups in total. The van der Waals surface area contributed by atoms with Crippen molar-refractivity contribution >= 4 is 17.4 Å². The first-order valence-corrected chi connectivity index (χ1v) is 4.77. The van der Waals surface area contributed by atoms with Gasteiger partial charge in [-0.25, -0.2) is 9.97 Å². The number of hydrogen-bond acceptors (Lipinski definition) is 3. The molecule has 1 aromatic rings. The van der Waals surface area contributed by atoms with E-state index < -0.39 is 0 Å². The average molecular weight is 200 g/mol. The number of anilines is 1. The van der Waals surface area contributed by atoms with Gasteiger partial charge < -0.3 is 4.90 Å². The molecule has 1 aromatic heterocycles. The molecule has 13 heavy (non-hydrogen) atoms. The molecular weight excluding hydrogens is 186 g/mol. The Hall–Kier alpha value is -0.830. The Morgan fingerprint density at radius 3 is 2.46 bits per heavy atom. The smallest absolute Gasteiger partial charge is 0.171 e. The molecule has 3 nitrogen and oxygen atoms in total. The van der Waals surface area contributed by atoms with Crippen molar-refractivity contribution in [2.45, 2.75) is 26.8 Å². The second-order valence-electron chi connectivity index (χ2n) is 3.05. The van der Waals surface area contributed by atoms with Crippen molar-refractivity contribution < 1.29 is 0 Å². The Balaban J connectivity index is 2.97. The minimum atomic E-state index is 0.388. The molecule has 4 heteroatoms. The second kappa shape index (κ2) is 4.42. The fourth-order valence-electron chi connectivity index (χ4n) is 1.27. The first-order chi connectivity index (χ1) is 6.16. The summed E-state index contributed by atoms with van der Waals surface area (Å²) in [5.41, 5.74) is 0. The highest BCUT2D eigenvalue weighted by molar-refractivity contribution is 6.31. The van der Waals surface area contributed by atoms with Crippen LogP contribution in [0.5, 0.6) is 0 Å². The maximum atomic E-state index is 5.93. The first kappa shape index (κ1) is 10.3. The number of halogens is 1. The molecule has 0 aliphatic carbocycles. The summed E-state index contributed by atoms with van der Waals surface area (Å²) in [5.74, 6) is 0.765. The molecule has 0 spiro atoms. The second-order valence-corrected chi connectivity index (χ2v) is 3.41. The SMILES string of the molecule is CCN(c1nccnc1Cl)C(C)C. The molecular formula is C9H14ClN3. The highest BCUT2D eigenvalue weighted by Gasteiger charge is 2.13. The van der Waals surface area contributed by atoms with Crippen LogP contribution in [-0.2, 0) is 0 Å². The Morgan fingerprint density at radius 1 is 1.38 bits per heavy atom. The van der Waals surface area contributed by atoms with Crippen molar-refractivity contribution in [1.82, 2.24) is 9.97 Å². The van der Waals surface area contributed by atoms with Crippen LogP contribution in [0, 0.1) is 0 Å². The summed E-state index contributed by atoms with van der Waals surface area (Å²) in [5, 5.41) is 0.470. The summed E-state index contributed by atoms with van der Waals surface area (Å²) < 4.78 is 0. The Bertz CT molecular complexity index is 275. The van der Waals surface area contributed by atoms with Crippen LogP contribution in [0.15, 0.2) is 12.4 Å². The van der Waals surface area contributed by atoms with Gasteiger partial charge in [0, 0.05) is 25.0 Å². The van der Waals surface area contributed by atoms with Gasteiger partial charge in [-0.1, -0.05) is 11.6 Å². The molecule has 0 amide bonds. The van der Waals surface area contributed by atoms with Gasteiger partial charge in [-0.05, 0) is 20.8 Å². The van der Waals surface area contributed by atoms with Gasteiger partial charge in [-0.2, -0.15) is 0 Å². The van der Waals surface area contributed by atoms with E-state index in [2.05, 4.69) is 35.6 Å². The van der Waals surface area contributed by atoms with Gasteiger partial charge in [0.05, 0.1) is 0 Å². The third-order valence-corrected chi connectivity index (χ3v) is 2.14. The van der Waals surface area contributed by atoms with Crippen LogP contribution in [0.1, 0.15) is 20.8 Å². The summed E-state index contributed by atoms with van der Waals surface area (Å²) in [6, 6.07) is 0.388. The lowest BCUT2D eigenvalue weighted by Gasteiger charge is -2.26. The third kappa shape index (κ3) is 2.31. The number of aromatic nitrogens is 2. The van der Waals surface area contributed by atoms with Gasteiger partial charge in [0.1, 0.15) is 0 Å². The molecule has 0 aliphatic rings. The highest BCUT2D eigenvalue weighted by Crippen LogP contribution is 2.21. The molecule has 1 rings (SSSR count). The van der Waals surface area contributed by atoms with Gasteiger partial charge in [-0.3, -0.25) is 0 Å². The maximum absolute atomic E-state index is 5.93. The summed E-state index contributed by atoms with van der Waals surface area (Å²) in [6.45, 7) is 7.17. The topological polar surface area (TPSA) is 29.0 Å². The normalized spacial score (nSPS) is 10.5. The van der Waals surface area contributed by atoms with E-state index in [1.165, 1.54) is 0 Å². The summed E-state index contributed by atoms with van der Waals surface area (Å²) in [4.78, 5) is 10.3. The molecule has 0 saturated carbocycles. The van der Waals surface area contributed by atoms with Crippen molar-refractivity contribution in [3.05, 3.63) is 17.5 Å². The lowest BCUT2D eigenvalue weighted by atomic mass is 10.3. The van der Waals surface area contributed by atoms with Crippen molar-refractivity contribution in [3.63, 3.8) is 0 Å². The molecule has 0 radical (unpaired) electrons. The largest absolute Gasteiger partial charge is 0.352 e. The molecule has 0 saturated heterocycles. The Morgan fingerprint density at radius 2 is 2.00 bits per heavy atom. The van der Waals surface area contributed by atoms with Crippen LogP contribution < -0.4 is 4.90 Å². The quantitative estimate of drug-likeness (QED) is 0.749. The third-order valence-electron chi connectivity index (χ3n) is 1.87. The molecule has 0 aromatic carbocycles. The Labute approximate surface area is 83.8 Å². The van der Waals surface area contributed by atoms with E-state index in [1.54, 1.807) is 12.4 Å². The van der Waals surface area contributed by atoms with E-state index in [9.17, 15) is 0 Å². The van der Waals surface area contributed by atoms with E-state index in [-0.39, 0.29) is 0 Å². The van der Waals surface area contributed by atoms with Crippen LogP contribution in [-0.4, -0.2) is 22.6 Å². The summed E-state index contributed by atoms with van der Waals surface area (Å²) >= 11 is 5.93. The predicted octanol–water partition coefficient (Wildman–Crippen LogP) is 2.36. The van der Waals surface area contributed by atoms with Crippen LogP contribution >= 0.6 is 11.6 Å². The van der Waals surface area contributed by atoms with Crippen molar-refractivity contribution in [2.75, 3.05) is 11.4 Å². The van der Waals surface area contributed by atoms with E-state index in [0.29, 0.717) is 11.2 Å². The molecule has 1 heterocycles. The maximum Gasteiger partial charge on any atom is 0.171 e. The molecule has 0 atom stereocenters. The van der Waals surface area contributed by atoms with E-state index in [4.69, 9.17) is 11.6 Å². The zero-order chi connectivity index (χ0) is 9.84. The van der Waals surface area contributed by atoms with Crippen LogP contribution in [0.25, 0.3) is 0 Å². The van der Waals surface area contributed by atoms with Crippen LogP contribution in [0.3, 0.4) is 0 Å². The first-order valence-electron chi connectivity index (χ1n) is 4.40. The zero-order valence-corrected chi connectivity index (χ0v) is 8.91. The van der Waals surface area contributed by atoms with E-state index in [0.717, 1.165) is 12.4 Å². The van der Waals surface area contributed by atoms with Gasteiger partial charge in [0.15, 0.2) is 11.0 Å². The molecule has 72 valence electrons. The molecule has 0 aliphatic heterocycles. The molecule has 0 bridgehead atoms. The lowest BCUT2D eigenvalue weighted by molar-refractivity contribution is 0.691. The van der Waals surface area contributed by atoms with Crippen molar-refractivity contribution in [1.29, 1.82) is 0 Å². The molecule has 0 unspecified atom stereocenters. The van der Waals surface area contributed by atoms with Gasteiger partial charge >= 0.3 is 0 Å².